The summed E-state index contributed by atoms with van der Waals surface area (Å²) in [4.78, 5) is 0. The fraction of sp³-hybridized carbons (Fsp3) is 0.333. The van der Waals surface area contributed by atoms with Gasteiger partial charge >= 0.3 is 0 Å². The minimum atomic E-state index is -3.90. The molecule has 62 valence electrons. The molecule has 0 saturated carbocycles. The summed E-state index contributed by atoms with van der Waals surface area (Å²) in [6.45, 7) is 0.362. The summed E-state index contributed by atoms with van der Waals surface area (Å²) in [5, 5.41) is 0. The average Bonchev–Trinajstić information content (AvgIpc) is 1.85. The normalized spacial score (nSPS) is 17.4. The number of hydrogen-bond acceptors (Lipinski definition) is 3. The van der Waals surface area contributed by atoms with Crippen LogP contribution in [0, 0.1) is 0 Å². The summed E-state index contributed by atoms with van der Waals surface area (Å²) in [6.07, 6.45) is 4.52. The van der Waals surface area contributed by atoms with Gasteiger partial charge in [0.25, 0.3) is 10.1 Å². The van der Waals surface area contributed by atoms with E-state index in [2.05, 4.69) is 0 Å². The molecule has 1 aliphatic rings. The van der Waals surface area contributed by atoms with E-state index in [1.807, 2.05) is 0 Å². The van der Waals surface area contributed by atoms with Crippen LogP contribution in [0.15, 0.2) is 24.0 Å². The largest absolute Gasteiger partial charge is 0.497 e. The molecule has 0 amide bonds. The fourth-order valence-corrected chi connectivity index (χ4v) is 1.37. The van der Waals surface area contributed by atoms with E-state index in [1.54, 1.807) is 6.08 Å². The Balaban J connectivity index is 2.64. The van der Waals surface area contributed by atoms with Crippen molar-refractivity contribution < 1.29 is 17.7 Å². The van der Waals surface area contributed by atoms with Crippen LogP contribution in [0.2, 0.25) is 0 Å². The Kier molecular flexibility index (Phi) is 2.31. The van der Waals surface area contributed by atoms with Crippen LogP contribution in [0.5, 0.6) is 0 Å². The molecule has 0 bridgehead atoms. The van der Waals surface area contributed by atoms with Crippen molar-refractivity contribution in [1.29, 1.82) is 0 Å². The molecule has 0 atom stereocenters. The molecule has 0 saturated heterocycles. The maximum absolute atomic E-state index is 10.3. The van der Waals surface area contributed by atoms with E-state index in [1.165, 1.54) is 12.3 Å². The lowest BCUT2D eigenvalue weighted by atomic mass is 10.2. The van der Waals surface area contributed by atoms with Crippen molar-refractivity contribution in [2.45, 2.75) is 0 Å². The van der Waals surface area contributed by atoms with Crippen molar-refractivity contribution in [3.8, 4) is 0 Å². The molecule has 4 nitrogen and oxygen atoms in total. The van der Waals surface area contributed by atoms with Gasteiger partial charge in [0.1, 0.15) is 12.4 Å². The van der Waals surface area contributed by atoms with Crippen molar-refractivity contribution in [3.05, 3.63) is 24.0 Å². The van der Waals surface area contributed by atoms with E-state index in [-0.39, 0.29) is 5.75 Å². The molecule has 11 heavy (non-hydrogen) atoms. The van der Waals surface area contributed by atoms with Crippen molar-refractivity contribution in [3.63, 3.8) is 0 Å². The first kappa shape index (κ1) is 8.29. The Labute approximate surface area is 64.9 Å². The quantitative estimate of drug-likeness (QED) is 0.616. The summed E-state index contributed by atoms with van der Waals surface area (Å²) in [6, 6.07) is 0. The number of hydrogen-bond donors (Lipinski definition) is 1. The molecular formula is C6H8O4S. The van der Waals surface area contributed by atoms with Crippen LogP contribution in [0.1, 0.15) is 0 Å². The van der Waals surface area contributed by atoms with Gasteiger partial charge in [0.15, 0.2) is 0 Å². The second-order valence-electron chi connectivity index (χ2n) is 2.14. The molecule has 0 unspecified atom stereocenters. The van der Waals surface area contributed by atoms with Crippen LogP contribution in [0.3, 0.4) is 0 Å². The lowest BCUT2D eigenvalue weighted by Crippen LogP contribution is -2.07. The summed E-state index contributed by atoms with van der Waals surface area (Å²) in [7, 11) is -3.90. The molecule has 0 spiro atoms. The van der Waals surface area contributed by atoms with Gasteiger partial charge in [0, 0.05) is 0 Å². The molecule has 1 aliphatic heterocycles. The van der Waals surface area contributed by atoms with Gasteiger partial charge in [-0.05, 0) is 17.7 Å². The van der Waals surface area contributed by atoms with Gasteiger partial charge in [-0.2, -0.15) is 8.42 Å². The zero-order valence-electron chi connectivity index (χ0n) is 5.73. The number of allylic oxidation sites excluding steroid dienone is 1. The standard InChI is InChI=1S/C6H8O4S/c7-11(8,9)5-6-1-3-10-4-2-6/h1-3H,4-5H2,(H,7,8,9). The zero-order valence-corrected chi connectivity index (χ0v) is 6.54. The molecule has 0 aromatic carbocycles. The first-order valence-corrected chi connectivity index (χ1v) is 4.61. The third kappa shape index (κ3) is 3.20. The fourth-order valence-electron chi connectivity index (χ4n) is 0.732. The van der Waals surface area contributed by atoms with Crippen LogP contribution in [-0.4, -0.2) is 25.3 Å². The highest BCUT2D eigenvalue weighted by Crippen LogP contribution is 2.05. The summed E-state index contributed by atoms with van der Waals surface area (Å²) >= 11 is 0. The Morgan fingerprint density at radius 3 is 2.82 bits per heavy atom. The maximum Gasteiger partial charge on any atom is 0.269 e. The van der Waals surface area contributed by atoms with Gasteiger partial charge in [-0.1, -0.05) is 0 Å². The molecule has 0 aliphatic carbocycles. The zero-order chi connectivity index (χ0) is 8.32. The first-order valence-electron chi connectivity index (χ1n) is 3.00. The van der Waals surface area contributed by atoms with E-state index >= 15 is 0 Å². The summed E-state index contributed by atoms with van der Waals surface area (Å²) < 4.78 is 33.9. The van der Waals surface area contributed by atoms with Crippen LogP contribution < -0.4 is 0 Å². The van der Waals surface area contributed by atoms with E-state index in [9.17, 15) is 8.42 Å². The van der Waals surface area contributed by atoms with Gasteiger partial charge in [-0.15, -0.1) is 0 Å². The summed E-state index contributed by atoms with van der Waals surface area (Å²) in [5.41, 5.74) is 0.554. The molecule has 1 rings (SSSR count). The predicted octanol–water partition coefficient (Wildman–Crippen LogP) is 0.345. The number of rotatable bonds is 2. The Morgan fingerprint density at radius 1 is 1.64 bits per heavy atom. The van der Waals surface area contributed by atoms with E-state index in [4.69, 9.17) is 9.29 Å². The predicted molar refractivity (Wildman–Crippen MR) is 39.6 cm³/mol. The second-order valence-corrected chi connectivity index (χ2v) is 3.59. The molecule has 0 radical (unpaired) electrons. The van der Waals surface area contributed by atoms with Crippen LogP contribution in [-0.2, 0) is 14.9 Å². The highest BCUT2D eigenvalue weighted by Gasteiger charge is 2.08. The highest BCUT2D eigenvalue weighted by atomic mass is 32.2. The first-order chi connectivity index (χ1) is 5.08. The lowest BCUT2D eigenvalue weighted by molar-refractivity contribution is 0.284. The van der Waals surface area contributed by atoms with Gasteiger partial charge in [-0.3, -0.25) is 4.55 Å². The molecule has 0 aromatic rings. The highest BCUT2D eigenvalue weighted by molar-refractivity contribution is 7.86. The van der Waals surface area contributed by atoms with Gasteiger partial charge in [-0.25, -0.2) is 0 Å². The topological polar surface area (TPSA) is 63.6 Å². The van der Waals surface area contributed by atoms with Crippen molar-refractivity contribution in [2.75, 3.05) is 12.4 Å². The van der Waals surface area contributed by atoms with E-state index in [0.717, 1.165) is 0 Å². The third-order valence-electron chi connectivity index (χ3n) is 1.17. The second kappa shape index (κ2) is 3.06. The third-order valence-corrected chi connectivity index (χ3v) is 1.87. The lowest BCUT2D eigenvalue weighted by Gasteiger charge is -2.05. The maximum atomic E-state index is 10.3. The van der Waals surface area contributed by atoms with E-state index < -0.39 is 10.1 Å². The molecule has 1 N–H and O–H groups in total. The Bertz CT molecular complexity index is 286. The Morgan fingerprint density at radius 2 is 2.36 bits per heavy atom. The average molecular weight is 176 g/mol. The molecular weight excluding hydrogens is 168 g/mol. The van der Waals surface area contributed by atoms with Crippen molar-refractivity contribution >= 4 is 10.1 Å². The molecule has 1 heterocycles. The van der Waals surface area contributed by atoms with Crippen LogP contribution in [0.4, 0.5) is 0 Å². The van der Waals surface area contributed by atoms with Crippen LogP contribution in [0.25, 0.3) is 0 Å². The molecule has 0 aromatic heterocycles. The van der Waals surface area contributed by atoms with Crippen molar-refractivity contribution in [2.24, 2.45) is 0 Å². The monoisotopic (exact) mass is 176 g/mol. The van der Waals surface area contributed by atoms with Gasteiger partial charge < -0.3 is 4.74 Å². The van der Waals surface area contributed by atoms with E-state index in [0.29, 0.717) is 12.2 Å². The number of ether oxygens (including phenoxy) is 1. The SMILES string of the molecule is O=S(=O)(O)CC1=CCOC=C1. The van der Waals surface area contributed by atoms with Gasteiger partial charge in [0.05, 0.1) is 6.26 Å². The van der Waals surface area contributed by atoms with Gasteiger partial charge in [0.2, 0.25) is 0 Å². The Hall–Kier alpha value is -0.810. The minimum absolute atomic E-state index is 0.340. The summed E-state index contributed by atoms with van der Waals surface area (Å²) in [5.74, 6) is -0.340. The molecule has 0 fully saturated rings. The molecule has 5 heteroatoms. The van der Waals surface area contributed by atoms with Crippen molar-refractivity contribution in [1.82, 2.24) is 0 Å². The smallest absolute Gasteiger partial charge is 0.269 e. The minimum Gasteiger partial charge on any atom is -0.497 e. The van der Waals surface area contributed by atoms with Crippen LogP contribution >= 0.6 is 0 Å².